The number of anilines is 1. The fraction of sp³-hybridized carbons (Fsp3) is 0.308. The van der Waals surface area contributed by atoms with Crippen LogP contribution in [0.15, 0.2) is 54.7 Å². The summed E-state index contributed by atoms with van der Waals surface area (Å²) in [7, 11) is 1.65. The van der Waals surface area contributed by atoms with Gasteiger partial charge in [0.2, 0.25) is 0 Å². The number of hydrogen-bond acceptors (Lipinski definition) is 5. The molecule has 1 aromatic heterocycles. The molecule has 5 rings (SSSR count). The van der Waals surface area contributed by atoms with Crippen molar-refractivity contribution in [2.24, 2.45) is 7.05 Å². The Morgan fingerprint density at radius 3 is 2.40 bits per heavy atom. The largest absolute Gasteiger partial charge is 0.481 e. The monoisotopic (exact) mass is 474 g/mol. The minimum atomic E-state index is -0.951. The number of aliphatic carboxylic acids is 1. The van der Waals surface area contributed by atoms with E-state index in [1.165, 1.54) is 15.8 Å². The van der Waals surface area contributed by atoms with Crippen molar-refractivity contribution in [1.29, 1.82) is 0 Å². The Kier molecular flexibility index (Phi) is 5.98. The van der Waals surface area contributed by atoms with Gasteiger partial charge in [-0.2, -0.15) is 5.10 Å². The number of carboxylic acids is 1. The van der Waals surface area contributed by atoms with Crippen LogP contribution in [0.1, 0.15) is 46.8 Å². The molecule has 3 aromatic rings. The molecular formula is C26H26N4O5. The number of carboxylic acid groups (broad SMARTS) is 1. The molecule has 0 saturated carbocycles. The number of likely N-dealkylation sites (tertiary alicyclic amines) is 1. The molecular weight excluding hydrogens is 448 g/mol. The SMILES string of the molecule is Cn1cc(NC(=O)OCC2c3ccccc3-c3ccccc32)c(C(=O)N2CCC[C@H]2CC(=O)O)n1. The summed E-state index contributed by atoms with van der Waals surface area (Å²) in [5.41, 5.74) is 4.79. The van der Waals surface area contributed by atoms with E-state index >= 15 is 0 Å². The van der Waals surface area contributed by atoms with E-state index in [-0.39, 0.29) is 36.4 Å². The standard InChI is InChI=1S/C26H26N4O5/c1-29-14-22(24(28-29)25(33)30-12-6-7-16(30)13-23(31)32)27-26(34)35-15-21-19-10-4-2-8-17(19)18-9-3-5-11-20(18)21/h2-5,8-11,14,16,21H,6-7,12-13,15H2,1H3,(H,27,34)(H,31,32)/t16-/m0/s1. The van der Waals surface area contributed by atoms with Crippen LogP contribution in [0, 0.1) is 0 Å². The van der Waals surface area contributed by atoms with Crippen LogP contribution < -0.4 is 5.32 Å². The summed E-state index contributed by atoms with van der Waals surface area (Å²) in [6, 6.07) is 15.8. The number of nitrogens with one attached hydrogen (secondary N) is 1. The Bertz CT molecular complexity index is 1250. The molecule has 1 aliphatic heterocycles. The van der Waals surface area contributed by atoms with Crippen LogP contribution in [-0.4, -0.2) is 57.0 Å². The molecule has 2 amide bonds. The lowest BCUT2D eigenvalue weighted by molar-refractivity contribution is -0.137. The summed E-state index contributed by atoms with van der Waals surface area (Å²) < 4.78 is 7.04. The average molecular weight is 475 g/mol. The fourth-order valence-corrected chi connectivity index (χ4v) is 5.14. The average Bonchev–Trinajstić information content (AvgIpc) is 3.53. The lowest BCUT2D eigenvalue weighted by Crippen LogP contribution is -2.37. The summed E-state index contributed by atoms with van der Waals surface area (Å²) in [6.45, 7) is 0.605. The lowest BCUT2D eigenvalue weighted by Gasteiger charge is -2.23. The Morgan fingerprint density at radius 2 is 1.74 bits per heavy atom. The highest BCUT2D eigenvalue weighted by Gasteiger charge is 2.34. The lowest BCUT2D eigenvalue weighted by atomic mass is 9.98. The van der Waals surface area contributed by atoms with Gasteiger partial charge in [0.05, 0.1) is 12.1 Å². The van der Waals surface area contributed by atoms with Gasteiger partial charge in [-0.05, 0) is 35.1 Å². The van der Waals surface area contributed by atoms with Gasteiger partial charge in [0.25, 0.3) is 5.91 Å². The van der Waals surface area contributed by atoms with Crippen LogP contribution in [0.3, 0.4) is 0 Å². The molecule has 2 N–H and O–H groups in total. The Labute approximate surface area is 202 Å². The molecule has 1 saturated heterocycles. The summed E-state index contributed by atoms with van der Waals surface area (Å²) >= 11 is 0. The third kappa shape index (κ3) is 4.37. The first-order chi connectivity index (χ1) is 16.9. The highest BCUT2D eigenvalue weighted by atomic mass is 16.5. The molecule has 1 fully saturated rings. The van der Waals surface area contributed by atoms with Gasteiger partial charge in [-0.1, -0.05) is 48.5 Å². The number of amides is 2. The van der Waals surface area contributed by atoms with Gasteiger partial charge in [-0.25, -0.2) is 4.79 Å². The molecule has 180 valence electrons. The number of fused-ring (bicyclic) bond motifs is 3. The maximum atomic E-state index is 13.2. The van der Waals surface area contributed by atoms with Gasteiger partial charge in [-0.3, -0.25) is 19.6 Å². The first-order valence-corrected chi connectivity index (χ1v) is 11.6. The van der Waals surface area contributed by atoms with Crippen LogP contribution in [0.4, 0.5) is 10.5 Å². The third-order valence-corrected chi connectivity index (χ3v) is 6.66. The topological polar surface area (TPSA) is 114 Å². The summed E-state index contributed by atoms with van der Waals surface area (Å²) in [5.74, 6) is -1.43. The zero-order chi connectivity index (χ0) is 24.5. The predicted molar refractivity (Wildman–Crippen MR) is 128 cm³/mol. The van der Waals surface area contributed by atoms with E-state index in [9.17, 15) is 14.4 Å². The van der Waals surface area contributed by atoms with Gasteiger partial charge in [0.15, 0.2) is 5.69 Å². The van der Waals surface area contributed by atoms with E-state index in [1.54, 1.807) is 7.05 Å². The molecule has 2 aromatic carbocycles. The molecule has 0 bridgehead atoms. The van der Waals surface area contributed by atoms with E-state index in [1.807, 2.05) is 36.4 Å². The minimum Gasteiger partial charge on any atom is -0.481 e. The van der Waals surface area contributed by atoms with Gasteiger partial charge in [0.1, 0.15) is 6.61 Å². The number of rotatable bonds is 6. The second kappa shape index (κ2) is 9.25. The predicted octanol–water partition coefficient (Wildman–Crippen LogP) is 3.86. The Balaban J connectivity index is 1.29. The van der Waals surface area contributed by atoms with Crippen molar-refractivity contribution in [2.45, 2.75) is 31.2 Å². The van der Waals surface area contributed by atoms with E-state index in [4.69, 9.17) is 9.84 Å². The summed E-state index contributed by atoms with van der Waals surface area (Å²) in [4.78, 5) is 38.6. The van der Waals surface area contributed by atoms with Crippen molar-refractivity contribution < 1.29 is 24.2 Å². The highest BCUT2D eigenvalue weighted by Crippen LogP contribution is 2.44. The highest BCUT2D eigenvalue weighted by molar-refractivity contribution is 6.01. The number of aryl methyl sites for hydroxylation is 1. The number of ether oxygens (including phenoxy) is 1. The molecule has 0 unspecified atom stereocenters. The first-order valence-electron chi connectivity index (χ1n) is 11.6. The summed E-state index contributed by atoms with van der Waals surface area (Å²) in [5, 5.41) is 16.0. The van der Waals surface area contributed by atoms with E-state index < -0.39 is 18.0 Å². The van der Waals surface area contributed by atoms with E-state index in [0.717, 1.165) is 28.7 Å². The number of nitrogens with zero attached hydrogens (tertiary/aromatic N) is 3. The third-order valence-electron chi connectivity index (χ3n) is 6.66. The van der Waals surface area contributed by atoms with Gasteiger partial charge in [-0.15, -0.1) is 0 Å². The molecule has 9 heteroatoms. The second-order valence-corrected chi connectivity index (χ2v) is 8.91. The quantitative estimate of drug-likeness (QED) is 0.561. The molecule has 35 heavy (non-hydrogen) atoms. The number of hydrogen-bond donors (Lipinski definition) is 2. The Morgan fingerprint density at radius 1 is 1.09 bits per heavy atom. The van der Waals surface area contributed by atoms with Gasteiger partial charge < -0.3 is 14.7 Å². The number of aromatic nitrogens is 2. The fourth-order valence-electron chi connectivity index (χ4n) is 5.14. The second-order valence-electron chi connectivity index (χ2n) is 8.91. The summed E-state index contributed by atoms with van der Waals surface area (Å²) in [6.07, 6.45) is 2.09. The van der Waals surface area contributed by atoms with Crippen molar-refractivity contribution in [3.8, 4) is 11.1 Å². The Hall–Kier alpha value is -4.14. The maximum absolute atomic E-state index is 13.2. The molecule has 1 aliphatic carbocycles. The maximum Gasteiger partial charge on any atom is 0.411 e. The molecule has 0 spiro atoms. The molecule has 9 nitrogen and oxygen atoms in total. The van der Waals surface area contributed by atoms with Crippen LogP contribution >= 0.6 is 0 Å². The molecule has 0 radical (unpaired) electrons. The molecule has 2 aliphatic rings. The number of benzene rings is 2. The van der Waals surface area contributed by atoms with Crippen molar-refractivity contribution >= 4 is 23.7 Å². The van der Waals surface area contributed by atoms with Gasteiger partial charge in [0, 0.05) is 31.7 Å². The smallest absolute Gasteiger partial charge is 0.411 e. The zero-order valence-corrected chi connectivity index (χ0v) is 19.3. The van der Waals surface area contributed by atoms with Crippen molar-refractivity contribution in [2.75, 3.05) is 18.5 Å². The van der Waals surface area contributed by atoms with Crippen molar-refractivity contribution in [1.82, 2.24) is 14.7 Å². The van der Waals surface area contributed by atoms with Gasteiger partial charge >= 0.3 is 12.1 Å². The van der Waals surface area contributed by atoms with Crippen LogP contribution in [-0.2, 0) is 16.6 Å². The number of carbonyl (C=O) groups is 3. The minimum absolute atomic E-state index is 0.0679. The number of carbonyl (C=O) groups excluding carboxylic acids is 2. The van der Waals surface area contributed by atoms with Crippen molar-refractivity contribution in [3.63, 3.8) is 0 Å². The van der Waals surface area contributed by atoms with Crippen molar-refractivity contribution in [3.05, 3.63) is 71.5 Å². The van der Waals surface area contributed by atoms with Crippen LogP contribution in [0.2, 0.25) is 0 Å². The first kappa shape index (κ1) is 22.6. The van der Waals surface area contributed by atoms with Crippen LogP contribution in [0.25, 0.3) is 11.1 Å². The zero-order valence-electron chi connectivity index (χ0n) is 19.3. The van der Waals surface area contributed by atoms with Crippen LogP contribution in [0.5, 0.6) is 0 Å². The van der Waals surface area contributed by atoms with E-state index in [0.29, 0.717) is 13.0 Å². The van der Waals surface area contributed by atoms with E-state index in [2.05, 4.69) is 22.5 Å². The molecule has 2 heterocycles. The molecule has 1 atom stereocenters. The normalized spacial score (nSPS) is 16.6.